The molecule has 4 atom stereocenters. The van der Waals surface area contributed by atoms with Crippen LogP contribution in [0.4, 0.5) is 0 Å². The lowest BCUT2D eigenvalue weighted by atomic mass is 10.0. The van der Waals surface area contributed by atoms with Gasteiger partial charge in [-0.2, -0.15) is 0 Å². The van der Waals surface area contributed by atoms with Gasteiger partial charge in [-0.1, -0.05) is 96.8 Å². The van der Waals surface area contributed by atoms with E-state index in [-0.39, 0.29) is 6.42 Å². The Kier molecular flexibility index (Phi) is 23.4. The molecule has 0 aromatic rings. The van der Waals surface area contributed by atoms with Gasteiger partial charge in [-0.15, -0.1) is 0 Å². The minimum absolute atomic E-state index is 0.148. The minimum Gasteiger partial charge on any atom is -0.457 e. The van der Waals surface area contributed by atoms with E-state index < -0.39 is 43.6 Å². The van der Waals surface area contributed by atoms with Gasteiger partial charge >= 0.3 is 5.97 Å². The van der Waals surface area contributed by atoms with Gasteiger partial charge in [0.25, 0.3) is 0 Å². The number of aliphatic hydroxyl groups is 5. The number of hydrogen-bond donors (Lipinski definition) is 5. The second-order valence-electron chi connectivity index (χ2n) is 9.26. The van der Waals surface area contributed by atoms with Crippen molar-refractivity contribution in [1.82, 2.24) is 0 Å². The third-order valence-electron chi connectivity index (χ3n) is 5.94. The zero-order valence-corrected chi connectivity index (χ0v) is 21.4. The highest BCUT2D eigenvalue weighted by Crippen LogP contribution is 2.15. The summed E-state index contributed by atoms with van der Waals surface area (Å²) in [4.78, 5) is 12.0. The highest BCUT2D eigenvalue weighted by molar-refractivity contribution is 5.69. The Morgan fingerprint density at radius 2 is 1.09 bits per heavy atom. The van der Waals surface area contributed by atoms with Crippen LogP contribution in [-0.4, -0.2) is 82.3 Å². The molecule has 0 aromatic carbocycles. The number of hydrogen-bond acceptors (Lipinski definition) is 8. The van der Waals surface area contributed by atoms with Gasteiger partial charge < -0.3 is 35.0 Å². The maximum atomic E-state index is 12.0. The van der Waals surface area contributed by atoms with E-state index in [2.05, 4.69) is 11.7 Å². The second kappa shape index (κ2) is 23.9. The van der Waals surface area contributed by atoms with Crippen molar-refractivity contribution in [2.24, 2.45) is 0 Å². The highest BCUT2D eigenvalue weighted by Gasteiger charge is 2.34. The molecule has 0 aliphatic carbocycles. The number of unbranched alkanes of at least 4 members (excludes halogenated alkanes) is 14. The van der Waals surface area contributed by atoms with E-state index in [1.807, 2.05) is 0 Å². The SMILES string of the molecule is C1CO1.CCCCCCCCCCCCCCCCCC(=O)O[C@@H]([C@H](O)[C@@H](O)CO)[C@H](O)CO. The van der Waals surface area contributed by atoms with Crippen LogP contribution in [0.25, 0.3) is 0 Å². The average molecular weight is 493 g/mol. The Morgan fingerprint density at radius 1 is 0.706 bits per heavy atom. The van der Waals surface area contributed by atoms with Crippen molar-refractivity contribution in [2.75, 3.05) is 26.4 Å². The molecule has 1 aliphatic heterocycles. The molecule has 1 saturated heterocycles. The van der Waals surface area contributed by atoms with Gasteiger partial charge in [0.2, 0.25) is 0 Å². The third-order valence-corrected chi connectivity index (χ3v) is 5.94. The van der Waals surface area contributed by atoms with Gasteiger partial charge in [-0.3, -0.25) is 4.79 Å². The molecule has 8 nitrogen and oxygen atoms in total. The number of aliphatic hydroxyl groups excluding tert-OH is 5. The van der Waals surface area contributed by atoms with Gasteiger partial charge in [0.15, 0.2) is 6.10 Å². The molecule has 1 fully saturated rings. The monoisotopic (exact) mass is 492 g/mol. The molecule has 1 heterocycles. The van der Waals surface area contributed by atoms with Crippen LogP contribution >= 0.6 is 0 Å². The quantitative estimate of drug-likeness (QED) is 0.0881. The molecular formula is C26H52O8. The zero-order chi connectivity index (χ0) is 25.4. The van der Waals surface area contributed by atoms with Crippen LogP contribution in [0, 0.1) is 0 Å². The predicted molar refractivity (Wildman–Crippen MR) is 132 cm³/mol. The molecule has 34 heavy (non-hydrogen) atoms. The van der Waals surface area contributed by atoms with E-state index in [0.717, 1.165) is 32.5 Å². The van der Waals surface area contributed by atoms with Crippen molar-refractivity contribution in [3.05, 3.63) is 0 Å². The molecule has 0 radical (unpaired) electrons. The largest absolute Gasteiger partial charge is 0.457 e. The van der Waals surface area contributed by atoms with Crippen LogP contribution in [0.15, 0.2) is 0 Å². The molecule has 0 saturated carbocycles. The molecule has 0 unspecified atom stereocenters. The first kappa shape index (κ1) is 33.2. The van der Waals surface area contributed by atoms with E-state index in [1.165, 1.54) is 70.6 Å². The summed E-state index contributed by atoms with van der Waals surface area (Å²) in [5.74, 6) is -0.601. The lowest BCUT2D eigenvalue weighted by molar-refractivity contribution is -0.177. The third kappa shape index (κ3) is 20.6. The Hall–Kier alpha value is -0.770. The molecule has 0 bridgehead atoms. The van der Waals surface area contributed by atoms with Crippen molar-refractivity contribution < 1.29 is 39.8 Å². The molecule has 1 aliphatic rings. The number of ether oxygens (including phenoxy) is 2. The summed E-state index contributed by atoms with van der Waals surface area (Å²) in [6.45, 7) is 2.77. The first-order valence-corrected chi connectivity index (χ1v) is 13.5. The van der Waals surface area contributed by atoms with Gasteiger partial charge in [0.05, 0.1) is 26.4 Å². The van der Waals surface area contributed by atoms with E-state index in [0.29, 0.717) is 6.42 Å². The van der Waals surface area contributed by atoms with Gasteiger partial charge in [-0.25, -0.2) is 0 Å². The Labute approximate surface area is 206 Å². The summed E-state index contributed by atoms with van der Waals surface area (Å²) in [6, 6.07) is 0. The lowest BCUT2D eigenvalue weighted by Crippen LogP contribution is -2.49. The average Bonchev–Trinajstić information content (AvgIpc) is 3.73. The normalized spacial score (nSPS) is 16.2. The molecular weight excluding hydrogens is 440 g/mol. The topological polar surface area (TPSA) is 140 Å². The summed E-state index contributed by atoms with van der Waals surface area (Å²) in [5, 5.41) is 47.0. The maximum absolute atomic E-state index is 12.0. The van der Waals surface area contributed by atoms with Crippen molar-refractivity contribution in [3.8, 4) is 0 Å². The highest BCUT2D eigenvalue weighted by atomic mass is 16.6. The summed E-state index contributed by atoms with van der Waals surface area (Å²) in [7, 11) is 0. The number of epoxide rings is 1. The predicted octanol–water partition coefficient (Wildman–Crippen LogP) is 3.24. The van der Waals surface area contributed by atoms with E-state index in [4.69, 9.17) is 14.9 Å². The summed E-state index contributed by atoms with van der Waals surface area (Å²) < 4.78 is 9.54. The van der Waals surface area contributed by atoms with Crippen molar-refractivity contribution in [2.45, 2.75) is 134 Å². The molecule has 204 valence electrons. The summed E-state index contributed by atoms with van der Waals surface area (Å²) in [5.41, 5.74) is 0. The van der Waals surface area contributed by atoms with Crippen LogP contribution in [0.3, 0.4) is 0 Å². The smallest absolute Gasteiger partial charge is 0.306 e. The number of esters is 1. The van der Waals surface area contributed by atoms with Crippen molar-refractivity contribution in [3.63, 3.8) is 0 Å². The molecule has 0 aromatic heterocycles. The Balaban J connectivity index is 0.00000333. The first-order chi connectivity index (χ1) is 16.5. The van der Waals surface area contributed by atoms with E-state index in [9.17, 15) is 20.1 Å². The fourth-order valence-electron chi connectivity index (χ4n) is 3.66. The van der Waals surface area contributed by atoms with Crippen LogP contribution < -0.4 is 0 Å². The van der Waals surface area contributed by atoms with Crippen LogP contribution in [0.1, 0.15) is 110 Å². The standard InChI is InChI=1S/C24H48O7.C2H4O/c1-2-3-4-5-6-7-8-9-10-11-12-13-14-15-16-17-22(29)31-24(21(28)19-26)23(30)20(27)18-25;1-2-3-1/h20-21,23-28,30H,2-19H2,1H3;1-2H2/t20-,21+,23+,24+;/m0./s1. The van der Waals surface area contributed by atoms with E-state index in [1.54, 1.807) is 0 Å². The molecule has 8 heteroatoms. The summed E-state index contributed by atoms with van der Waals surface area (Å²) >= 11 is 0. The number of rotatable bonds is 22. The summed E-state index contributed by atoms with van der Waals surface area (Å²) in [6.07, 6.45) is 12.3. The van der Waals surface area contributed by atoms with Crippen molar-refractivity contribution >= 4 is 5.97 Å². The molecule has 0 amide bonds. The Bertz CT molecular complexity index is 444. The van der Waals surface area contributed by atoms with E-state index >= 15 is 0 Å². The van der Waals surface area contributed by atoms with Crippen LogP contribution in [0.5, 0.6) is 0 Å². The second-order valence-corrected chi connectivity index (χ2v) is 9.26. The maximum Gasteiger partial charge on any atom is 0.306 e. The fraction of sp³-hybridized carbons (Fsp3) is 0.962. The van der Waals surface area contributed by atoms with Gasteiger partial charge in [0.1, 0.15) is 18.3 Å². The zero-order valence-electron chi connectivity index (χ0n) is 21.4. The number of carbonyl (C=O) groups is 1. The molecule has 1 rings (SSSR count). The van der Waals surface area contributed by atoms with Gasteiger partial charge in [0, 0.05) is 6.42 Å². The number of carbonyl (C=O) groups excluding carboxylic acids is 1. The molecule has 5 N–H and O–H groups in total. The fourth-order valence-corrected chi connectivity index (χ4v) is 3.66. The lowest BCUT2D eigenvalue weighted by Gasteiger charge is -2.28. The molecule has 0 spiro atoms. The minimum atomic E-state index is -1.67. The van der Waals surface area contributed by atoms with Crippen LogP contribution in [-0.2, 0) is 14.3 Å². The Morgan fingerprint density at radius 3 is 1.44 bits per heavy atom. The van der Waals surface area contributed by atoms with Crippen LogP contribution in [0.2, 0.25) is 0 Å². The first-order valence-electron chi connectivity index (χ1n) is 13.5. The van der Waals surface area contributed by atoms with Crippen molar-refractivity contribution in [1.29, 1.82) is 0 Å². The van der Waals surface area contributed by atoms with Gasteiger partial charge in [-0.05, 0) is 6.42 Å².